The number of carbonyl (C=O) groups is 1. The van der Waals surface area contributed by atoms with Crippen LogP contribution in [-0.4, -0.2) is 15.6 Å². The van der Waals surface area contributed by atoms with Crippen molar-refractivity contribution < 1.29 is 26.9 Å². The number of nitrogens with zero attached hydrogens (tertiary/aromatic N) is 2. The smallest absolute Gasteiger partial charge is 0.266 e. The quantitative estimate of drug-likeness (QED) is 0.344. The van der Waals surface area contributed by atoms with Crippen molar-refractivity contribution in [3.63, 3.8) is 0 Å². The predicted molar refractivity (Wildman–Crippen MR) is 71.8 cm³/mol. The van der Waals surface area contributed by atoms with Crippen molar-refractivity contribution >= 4 is 28.9 Å². The number of aromatic nitrogens is 2. The van der Waals surface area contributed by atoms with Gasteiger partial charge in [-0.05, 0) is 6.07 Å². The maximum Gasteiger partial charge on any atom is 0.266 e. The normalized spacial score (nSPS) is 9.90. The fraction of sp³-hybridized carbons (Fsp3) is 0.167. The Labute approximate surface area is 127 Å². The minimum atomic E-state index is -0.271. The molecule has 0 aliphatic rings. The van der Waals surface area contributed by atoms with Crippen LogP contribution in [0.2, 0.25) is 5.02 Å². The van der Waals surface area contributed by atoms with Crippen LogP contribution in [0.5, 0.6) is 5.75 Å². The highest BCUT2D eigenvalue weighted by Crippen LogP contribution is 2.31. The summed E-state index contributed by atoms with van der Waals surface area (Å²) >= 11 is 5.84. The molecular formula is C12H14Cl2N4O2. The summed E-state index contributed by atoms with van der Waals surface area (Å²) in [6, 6.07) is 2.72. The van der Waals surface area contributed by atoms with Crippen LogP contribution in [0.4, 0.5) is 11.4 Å². The molecule has 1 heterocycles. The van der Waals surface area contributed by atoms with Crippen molar-refractivity contribution in [2.75, 3.05) is 11.1 Å². The highest BCUT2D eigenvalue weighted by molar-refractivity contribution is 6.33. The van der Waals surface area contributed by atoms with Gasteiger partial charge in [0.05, 0.1) is 23.4 Å². The van der Waals surface area contributed by atoms with Gasteiger partial charge in [-0.25, -0.2) is 9.13 Å². The van der Waals surface area contributed by atoms with Crippen LogP contribution >= 0.6 is 11.6 Å². The van der Waals surface area contributed by atoms with E-state index in [9.17, 15) is 9.90 Å². The number of benzene rings is 1. The summed E-state index contributed by atoms with van der Waals surface area (Å²) in [5, 5.41) is 12.5. The van der Waals surface area contributed by atoms with E-state index >= 15 is 0 Å². The van der Waals surface area contributed by atoms with E-state index in [0.29, 0.717) is 0 Å². The second-order valence-electron chi connectivity index (χ2n) is 4.19. The molecule has 0 atom stereocenters. The lowest BCUT2D eigenvalue weighted by molar-refractivity contribution is -0.671. The van der Waals surface area contributed by atoms with Gasteiger partial charge in [0.1, 0.15) is 18.1 Å². The lowest BCUT2D eigenvalue weighted by Gasteiger charge is -2.08. The first-order valence-corrected chi connectivity index (χ1v) is 5.92. The molecule has 1 amide bonds. The van der Waals surface area contributed by atoms with E-state index < -0.39 is 0 Å². The van der Waals surface area contributed by atoms with E-state index in [1.54, 1.807) is 17.1 Å². The van der Waals surface area contributed by atoms with E-state index in [4.69, 9.17) is 17.3 Å². The standard InChI is InChI=1S/C12H13ClN4O2.ClH/c1-16-2-3-17(7-16)6-12(19)15-10-4-8(13)9(14)5-11(10)18;/h2-5,7H,6,14H2,1H3,(H-,15,18,19);1H. The molecule has 1 aromatic carbocycles. The topological polar surface area (TPSA) is 84.2 Å². The fourth-order valence-electron chi connectivity index (χ4n) is 1.63. The van der Waals surface area contributed by atoms with Gasteiger partial charge in [0, 0.05) is 6.07 Å². The molecule has 0 radical (unpaired) electrons. The average molecular weight is 317 g/mol. The summed E-state index contributed by atoms with van der Waals surface area (Å²) in [5.41, 5.74) is 6.03. The molecule has 0 saturated heterocycles. The lowest BCUT2D eigenvalue weighted by atomic mass is 10.2. The van der Waals surface area contributed by atoms with Crippen molar-refractivity contribution in [2.45, 2.75) is 6.54 Å². The minimum Gasteiger partial charge on any atom is -1.00 e. The van der Waals surface area contributed by atoms with Gasteiger partial charge in [-0.2, -0.15) is 0 Å². The van der Waals surface area contributed by atoms with Gasteiger partial charge >= 0.3 is 0 Å². The number of amides is 1. The third kappa shape index (κ3) is 3.79. The number of nitrogens with one attached hydrogen (secondary N) is 1. The van der Waals surface area contributed by atoms with Crippen molar-refractivity contribution in [2.24, 2.45) is 7.05 Å². The third-order valence-electron chi connectivity index (χ3n) is 2.54. The number of halogens is 2. The Kier molecular flexibility index (Phi) is 5.24. The van der Waals surface area contributed by atoms with Crippen molar-refractivity contribution in [1.29, 1.82) is 0 Å². The Bertz CT molecular complexity index is 628. The molecule has 0 fully saturated rings. The Morgan fingerprint density at radius 2 is 2.25 bits per heavy atom. The SMILES string of the molecule is C[n+]1ccn(CC(=O)Nc2cc(Cl)c(N)cc2O)c1.[Cl-]. The zero-order valence-corrected chi connectivity index (χ0v) is 12.2. The summed E-state index contributed by atoms with van der Waals surface area (Å²) in [5.74, 6) is -0.388. The zero-order valence-electron chi connectivity index (χ0n) is 10.7. The number of phenolic OH excluding ortho intramolecular Hbond substituents is 1. The van der Waals surface area contributed by atoms with Crippen molar-refractivity contribution in [1.82, 2.24) is 4.57 Å². The summed E-state index contributed by atoms with van der Waals surface area (Å²) < 4.78 is 3.54. The second kappa shape index (κ2) is 6.49. The number of phenols is 1. The van der Waals surface area contributed by atoms with Gasteiger partial charge in [-0.15, -0.1) is 0 Å². The number of hydrogen-bond donors (Lipinski definition) is 3. The molecule has 0 aliphatic carbocycles. The number of nitrogens with two attached hydrogens (primary N) is 1. The molecule has 1 aromatic heterocycles. The molecule has 0 unspecified atom stereocenters. The first kappa shape index (κ1) is 16.1. The number of nitrogen functional groups attached to an aromatic ring is 1. The first-order chi connectivity index (χ1) is 8.95. The van der Waals surface area contributed by atoms with Crippen LogP contribution in [0, 0.1) is 0 Å². The highest BCUT2D eigenvalue weighted by Gasteiger charge is 2.12. The molecule has 6 nitrogen and oxygen atoms in total. The van der Waals surface area contributed by atoms with Crippen LogP contribution < -0.4 is 28.0 Å². The molecule has 108 valence electrons. The predicted octanol–water partition coefficient (Wildman–Crippen LogP) is -2.10. The number of hydrogen-bond acceptors (Lipinski definition) is 3. The second-order valence-corrected chi connectivity index (χ2v) is 4.60. The van der Waals surface area contributed by atoms with Gasteiger partial charge < -0.3 is 28.6 Å². The zero-order chi connectivity index (χ0) is 14.0. The first-order valence-electron chi connectivity index (χ1n) is 5.54. The Morgan fingerprint density at radius 1 is 1.55 bits per heavy atom. The van der Waals surface area contributed by atoms with E-state index in [1.165, 1.54) is 12.1 Å². The molecule has 0 aliphatic heterocycles. The monoisotopic (exact) mass is 316 g/mol. The summed E-state index contributed by atoms with van der Waals surface area (Å²) in [4.78, 5) is 11.8. The van der Waals surface area contributed by atoms with Crippen LogP contribution in [0.3, 0.4) is 0 Å². The Balaban J connectivity index is 0.00000200. The average Bonchev–Trinajstić information content (AvgIpc) is 2.71. The number of imidazole rings is 1. The van der Waals surface area contributed by atoms with Crippen LogP contribution in [0.1, 0.15) is 0 Å². The number of aryl methyl sites for hydroxylation is 1. The van der Waals surface area contributed by atoms with Crippen molar-refractivity contribution in [3.8, 4) is 5.75 Å². The molecule has 0 saturated carbocycles. The molecular weight excluding hydrogens is 303 g/mol. The highest BCUT2D eigenvalue weighted by atomic mass is 35.5. The number of anilines is 2. The van der Waals surface area contributed by atoms with Gasteiger partial charge in [0.15, 0.2) is 6.54 Å². The van der Waals surface area contributed by atoms with Crippen LogP contribution in [-0.2, 0) is 18.4 Å². The molecule has 2 aromatic rings. The molecule has 0 bridgehead atoms. The molecule has 4 N–H and O–H groups in total. The summed E-state index contributed by atoms with van der Waals surface area (Å²) in [7, 11) is 1.86. The molecule has 8 heteroatoms. The lowest BCUT2D eigenvalue weighted by Crippen LogP contribution is -3.00. The number of carbonyl (C=O) groups excluding carboxylic acids is 1. The van der Waals surface area contributed by atoms with E-state index in [1.807, 2.05) is 17.8 Å². The van der Waals surface area contributed by atoms with Crippen LogP contribution in [0.15, 0.2) is 30.9 Å². The van der Waals surface area contributed by atoms with Gasteiger partial charge in [-0.1, -0.05) is 11.6 Å². The Morgan fingerprint density at radius 3 is 2.85 bits per heavy atom. The van der Waals surface area contributed by atoms with Gasteiger partial charge in [0.25, 0.3) is 5.91 Å². The minimum absolute atomic E-state index is 0. The largest absolute Gasteiger partial charge is 1.00 e. The molecule has 2 rings (SSSR count). The maximum absolute atomic E-state index is 11.8. The van der Waals surface area contributed by atoms with Crippen LogP contribution in [0.25, 0.3) is 0 Å². The fourth-order valence-corrected chi connectivity index (χ4v) is 1.79. The van der Waals surface area contributed by atoms with E-state index in [0.717, 1.165) is 0 Å². The molecule has 0 spiro atoms. The van der Waals surface area contributed by atoms with E-state index in [-0.39, 0.29) is 47.0 Å². The van der Waals surface area contributed by atoms with Crippen molar-refractivity contribution in [3.05, 3.63) is 35.9 Å². The maximum atomic E-state index is 11.8. The van der Waals surface area contributed by atoms with E-state index in [2.05, 4.69) is 5.32 Å². The summed E-state index contributed by atoms with van der Waals surface area (Å²) in [6.45, 7) is 0.141. The summed E-state index contributed by atoms with van der Waals surface area (Å²) in [6.07, 6.45) is 5.37. The number of rotatable bonds is 3. The molecule has 20 heavy (non-hydrogen) atoms. The van der Waals surface area contributed by atoms with Gasteiger partial charge in [0.2, 0.25) is 6.33 Å². The third-order valence-corrected chi connectivity index (χ3v) is 2.87. The van der Waals surface area contributed by atoms with Gasteiger partial charge in [-0.3, -0.25) is 4.79 Å². The Hall–Kier alpha value is -1.92. The number of aromatic hydroxyl groups is 1.